The summed E-state index contributed by atoms with van der Waals surface area (Å²) >= 11 is 2.43. The van der Waals surface area contributed by atoms with Gasteiger partial charge in [0.15, 0.2) is 5.16 Å². The molecule has 4 rings (SSSR count). The van der Waals surface area contributed by atoms with Crippen molar-refractivity contribution in [1.29, 1.82) is 0 Å². The van der Waals surface area contributed by atoms with E-state index in [4.69, 9.17) is 0 Å². The largest absolute Gasteiger partial charge is 0.325 e. The van der Waals surface area contributed by atoms with Gasteiger partial charge in [-0.2, -0.15) is 0 Å². The van der Waals surface area contributed by atoms with Crippen LogP contribution in [0.25, 0.3) is 21.1 Å². The summed E-state index contributed by atoms with van der Waals surface area (Å²) in [6, 6.07) is 13.8. The van der Waals surface area contributed by atoms with Gasteiger partial charge in [0.2, 0.25) is 5.91 Å². The van der Waals surface area contributed by atoms with Crippen molar-refractivity contribution < 1.29 is 13.6 Å². The lowest BCUT2D eigenvalue weighted by atomic mass is 10.2. The van der Waals surface area contributed by atoms with Crippen LogP contribution in [0.3, 0.4) is 0 Å². The molecule has 0 bridgehead atoms. The molecule has 4 aromatic rings. The molecule has 0 unspecified atom stereocenters. The summed E-state index contributed by atoms with van der Waals surface area (Å²) < 4.78 is 26.5. The molecule has 0 saturated heterocycles. The molecular weight excluding hydrogens is 454 g/mol. The van der Waals surface area contributed by atoms with E-state index in [2.05, 4.69) is 20.3 Å². The molecule has 6 nitrogen and oxygen atoms in total. The summed E-state index contributed by atoms with van der Waals surface area (Å²) in [5.74, 6) is -2.18. The van der Waals surface area contributed by atoms with E-state index < -0.39 is 17.5 Å². The van der Waals surface area contributed by atoms with Crippen molar-refractivity contribution in [3.8, 4) is 21.1 Å². The number of carbonyl (C=O) groups is 1. The molecule has 0 atom stereocenters. The van der Waals surface area contributed by atoms with Gasteiger partial charge < -0.3 is 10.3 Å². The van der Waals surface area contributed by atoms with E-state index in [1.165, 1.54) is 17.4 Å². The van der Waals surface area contributed by atoms with Gasteiger partial charge in [0.05, 0.1) is 22.0 Å². The van der Waals surface area contributed by atoms with Crippen molar-refractivity contribution >= 4 is 34.7 Å². The minimum absolute atomic E-state index is 0.0111. The summed E-state index contributed by atoms with van der Waals surface area (Å²) in [6.07, 6.45) is 0. The predicted molar refractivity (Wildman–Crippen MR) is 122 cm³/mol. The Kier molecular flexibility index (Phi) is 6.42. The number of hydrogen-bond donors (Lipinski definition) is 2. The molecule has 0 fully saturated rings. The molecule has 2 heterocycles. The van der Waals surface area contributed by atoms with E-state index in [0.717, 1.165) is 51.1 Å². The number of benzene rings is 2. The van der Waals surface area contributed by atoms with Gasteiger partial charge >= 0.3 is 0 Å². The highest BCUT2D eigenvalue weighted by Gasteiger charge is 2.15. The minimum Gasteiger partial charge on any atom is -0.325 e. The van der Waals surface area contributed by atoms with Gasteiger partial charge in [-0.3, -0.25) is 9.59 Å². The second kappa shape index (κ2) is 9.41. The fourth-order valence-corrected chi connectivity index (χ4v) is 4.62. The average Bonchev–Trinajstić information content (AvgIpc) is 3.13. The standard InChI is InChI=1S/C22H16F2N4O2S2/c1-12-20(32-21(25-12)13-5-3-2-4-6-13)17-10-18(29)28-22(27-17)31-11-19(30)26-16-8-14(23)7-15(24)9-16/h2-10H,11H2,1H3,(H,26,30)(H,27,28,29). The molecule has 0 saturated carbocycles. The van der Waals surface area contributed by atoms with Crippen molar-refractivity contribution in [2.45, 2.75) is 12.1 Å². The molecule has 0 aliphatic carbocycles. The quantitative estimate of drug-likeness (QED) is 0.310. The first-order chi connectivity index (χ1) is 15.4. The van der Waals surface area contributed by atoms with Crippen LogP contribution in [0.4, 0.5) is 14.5 Å². The Morgan fingerprint density at radius 3 is 2.53 bits per heavy atom. The number of nitrogens with one attached hydrogen (secondary N) is 2. The van der Waals surface area contributed by atoms with Gasteiger partial charge in [0.25, 0.3) is 5.56 Å². The van der Waals surface area contributed by atoms with Crippen molar-refractivity contribution in [3.05, 3.63) is 82.3 Å². The van der Waals surface area contributed by atoms with Gasteiger partial charge in [0, 0.05) is 23.4 Å². The third-order valence-corrected chi connectivity index (χ3v) is 6.36. The molecular formula is C22H16F2N4O2S2. The van der Waals surface area contributed by atoms with Gasteiger partial charge in [-0.15, -0.1) is 11.3 Å². The molecule has 32 heavy (non-hydrogen) atoms. The van der Waals surface area contributed by atoms with Crippen molar-refractivity contribution in [1.82, 2.24) is 15.0 Å². The maximum absolute atomic E-state index is 13.3. The lowest BCUT2D eigenvalue weighted by Crippen LogP contribution is -2.15. The van der Waals surface area contributed by atoms with Crippen molar-refractivity contribution in [2.24, 2.45) is 0 Å². The van der Waals surface area contributed by atoms with Crippen LogP contribution in [0.1, 0.15) is 5.69 Å². The molecule has 2 aromatic carbocycles. The van der Waals surface area contributed by atoms with Crippen LogP contribution in [-0.2, 0) is 4.79 Å². The van der Waals surface area contributed by atoms with Crippen molar-refractivity contribution in [2.75, 3.05) is 11.1 Å². The SMILES string of the molecule is Cc1nc(-c2ccccc2)sc1-c1cc(=O)[nH]c(SCC(=O)Nc2cc(F)cc(F)c2)n1. The number of rotatable bonds is 6. The molecule has 0 spiro atoms. The van der Waals surface area contributed by atoms with Crippen LogP contribution in [0.2, 0.25) is 0 Å². The van der Waals surface area contributed by atoms with Crippen LogP contribution >= 0.6 is 23.1 Å². The molecule has 2 N–H and O–H groups in total. The normalized spacial score (nSPS) is 10.8. The summed E-state index contributed by atoms with van der Waals surface area (Å²) in [4.78, 5) is 36.7. The first kappa shape index (κ1) is 21.8. The summed E-state index contributed by atoms with van der Waals surface area (Å²) in [6.45, 7) is 1.85. The third-order valence-electron chi connectivity index (χ3n) is 4.26. The van der Waals surface area contributed by atoms with Crippen LogP contribution in [0.15, 0.2) is 64.5 Å². The van der Waals surface area contributed by atoms with Crippen molar-refractivity contribution in [3.63, 3.8) is 0 Å². The molecule has 0 aliphatic heterocycles. The fraction of sp³-hybridized carbons (Fsp3) is 0.0909. The zero-order valence-electron chi connectivity index (χ0n) is 16.7. The molecule has 162 valence electrons. The second-order valence-electron chi connectivity index (χ2n) is 6.73. The van der Waals surface area contributed by atoms with Crippen LogP contribution in [0.5, 0.6) is 0 Å². The predicted octanol–water partition coefficient (Wildman–Crippen LogP) is 4.88. The number of amides is 1. The maximum atomic E-state index is 13.3. The fourth-order valence-electron chi connectivity index (χ4n) is 2.92. The number of aromatic amines is 1. The number of aromatic nitrogens is 3. The molecule has 0 radical (unpaired) electrons. The Balaban J connectivity index is 1.50. The highest BCUT2D eigenvalue weighted by atomic mass is 32.2. The molecule has 10 heteroatoms. The minimum atomic E-state index is -0.790. The highest BCUT2D eigenvalue weighted by molar-refractivity contribution is 7.99. The number of halogens is 2. The number of aryl methyl sites for hydroxylation is 1. The topological polar surface area (TPSA) is 87.7 Å². The van der Waals surface area contributed by atoms with E-state index in [1.807, 2.05) is 37.3 Å². The van der Waals surface area contributed by atoms with Crippen LogP contribution in [-0.4, -0.2) is 26.6 Å². The Bertz CT molecular complexity index is 1320. The lowest BCUT2D eigenvalue weighted by molar-refractivity contribution is -0.113. The number of nitrogens with zero attached hydrogens (tertiary/aromatic N) is 2. The summed E-state index contributed by atoms with van der Waals surface area (Å²) in [5, 5.41) is 3.49. The Morgan fingerprint density at radius 2 is 1.81 bits per heavy atom. The number of thioether (sulfide) groups is 1. The Labute approximate surface area is 189 Å². The molecule has 0 aliphatic rings. The average molecular weight is 471 g/mol. The van der Waals surface area contributed by atoms with Gasteiger partial charge in [-0.25, -0.2) is 18.7 Å². The summed E-state index contributed by atoms with van der Waals surface area (Å²) in [5.41, 5.74) is 1.82. The maximum Gasteiger partial charge on any atom is 0.252 e. The third kappa shape index (κ3) is 5.27. The summed E-state index contributed by atoms with van der Waals surface area (Å²) in [7, 11) is 0. The van der Waals surface area contributed by atoms with Gasteiger partial charge in [-0.05, 0) is 19.1 Å². The number of H-pyrrole nitrogens is 1. The highest BCUT2D eigenvalue weighted by Crippen LogP contribution is 2.34. The number of hydrogen-bond acceptors (Lipinski definition) is 6. The number of carbonyl (C=O) groups excluding carboxylic acids is 1. The lowest BCUT2D eigenvalue weighted by Gasteiger charge is -2.06. The van der Waals surface area contributed by atoms with E-state index in [9.17, 15) is 18.4 Å². The smallest absolute Gasteiger partial charge is 0.252 e. The number of thiazole rings is 1. The zero-order valence-corrected chi connectivity index (χ0v) is 18.3. The van der Waals surface area contributed by atoms with E-state index in [-0.39, 0.29) is 22.2 Å². The monoisotopic (exact) mass is 470 g/mol. The zero-order chi connectivity index (χ0) is 22.7. The van der Waals surface area contributed by atoms with E-state index >= 15 is 0 Å². The second-order valence-corrected chi connectivity index (χ2v) is 8.69. The van der Waals surface area contributed by atoms with Gasteiger partial charge in [-0.1, -0.05) is 42.1 Å². The first-order valence-corrected chi connectivity index (χ1v) is 11.2. The Hall–Kier alpha value is -3.37. The van der Waals surface area contributed by atoms with E-state index in [1.54, 1.807) is 0 Å². The molecule has 1 amide bonds. The molecule has 2 aromatic heterocycles. The van der Waals surface area contributed by atoms with Gasteiger partial charge in [0.1, 0.15) is 16.6 Å². The number of anilines is 1. The van der Waals surface area contributed by atoms with E-state index in [0.29, 0.717) is 5.69 Å². The first-order valence-electron chi connectivity index (χ1n) is 9.41. The Morgan fingerprint density at radius 1 is 1.09 bits per heavy atom. The van der Waals surface area contributed by atoms with Crippen LogP contribution in [0, 0.1) is 18.6 Å². The van der Waals surface area contributed by atoms with Crippen LogP contribution < -0.4 is 10.9 Å².